The van der Waals surface area contributed by atoms with Crippen LogP contribution in [0, 0.1) is 0 Å². The molecule has 0 atom stereocenters. The van der Waals surface area contributed by atoms with Crippen molar-refractivity contribution in [2.24, 2.45) is 5.10 Å². The number of rotatable bonds is 10. The molecule has 3 aromatic carbocycles. The van der Waals surface area contributed by atoms with Crippen molar-refractivity contribution in [3.05, 3.63) is 87.9 Å². The Bertz CT molecular complexity index is 1070. The second kappa shape index (κ2) is 11.9. The van der Waals surface area contributed by atoms with Crippen LogP contribution in [0.25, 0.3) is 0 Å². The van der Waals surface area contributed by atoms with Gasteiger partial charge >= 0.3 is 0 Å². The number of carbonyl (C=O) groups excluding carboxylic acids is 1. The molecular weight excluding hydrogens is 472 g/mol. The fraction of sp³-hybridized carbons (Fsp3) is 0.200. The summed E-state index contributed by atoms with van der Waals surface area (Å²) in [5, 5.41) is 4.08. The largest absolute Gasteiger partial charge is 0.493 e. The zero-order valence-electron chi connectivity index (χ0n) is 18.0. The summed E-state index contributed by atoms with van der Waals surface area (Å²) in [6, 6.07) is 20.5. The summed E-state index contributed by atoms with van der Waals surface area (Å²) < 4.78 is 18.1. The third kappa shape index (κ3) is 6.59. The van der Waals surface area contributed by atoms with Gasteiger partial charge in [0.05, 0.1) is 19.4 Å². The highest BCUT2D eigenvalue weighted by Crippen LogP contribution is 2.29. The quantitative estimate of drug-likeness (QED) is 0.293. The third-order valence-corrected chi connectivity index (χ3v) is 4.88. The van der Waals surface area contributed by atoms with Crippen molar-refractivity contribution in [3.63, 3.8) is 0 Å². The average molecular weight is 497 g/mol. The van der Waals surface area contributed by atoms with Crippen molar-refractivity contribution in [1.29, 1.82) is 0 Å². The molecule has 0 radical (unpaired) electrons. The van der Waals surface area contributed by atoms with Gasteiger partial charge in [-0.3, -0.25) is 4.79 Å². The highest BCUT2D eigenvalue weighted by Gasteiger charge is 2.12. The van der Waals surface area contributed by atoms with Crippen LogP contribution in [0.2, 0.25) is 0 Å². The van der Waals surface area contributed by atoms with Gasteiger partial charge < -0.3 is 14.2 Å². The van der Waals surface area contributed by atoms with Gasteiger partial charge in [-0.2, -0.15) is 5.10 Å². The minimum Gasteiger partial charge on any atom is -0.493 e. The Hall–Kier alpha value is -3.32. The van der Waals surface area contributed by atoms with Crippen LogP contribution in [0.15, 0.2) is 76.3 Å². The molecule has 166 valence electrons. The van der Waals surface area contributed by atoms with Crippen LogP contribution < -0.4 is 19.6 Å². The number of ether oxygens (including phenoxy) is 3. The SMILES string of the molecule is CCOc1ccc(Br)cc1/C=N/NC(=O)c1ccc(OCc2ccccc2)c(OCC)c1. The van der Waals surface area contributed by atoms with Crippen LogP contribution in [0.3, 0.4) is 0 Å². The summed E-state index contributed by atoms with van der Waals surface area (Å²) in [4.78, 5) is 12.6. The van der Waals surface area contributed by atoms with E-state index in [1.54, 1.807) is 24.4 Å². The number of benzene rings is 3. The first-order valence-electron chi connectivity index (χ1n) is 10.3. The Morgan fingerprint density at radius 2 is 1.62 bits per heavy atom. The molecule has 0 aliphatic rings. The predicted octanol–water partition coefficient (Wildman–Crippen LogP) is 5.59. The standard InChI is InChI=1S/C25H25BrN2O4/c1-3-30-22-13-11-21(26)14-20(22)16-27-28-25(29)19-10-12-23(24(15-19)31-4-2)32-17-18-8-6-5-7-9-18/h5-16H,3-4,17H2,1-2H3,(H,28,29)/b27-16+. The van der Waals surface area contributed by atoms with Crippen LogP contribution in [-0.2, 0) is 6.61 Å². The second-order valence-electron chi connectivity index (χ2n) is 6.68. The van der Waals surface area contributed by atoms with E-state index < -0.39 is 0 Å². The fourth-order valence-electron chi connectivity index (χ4n) is 2.90. The van der Waals surface area contributed by atoms with Gasteiger partial charge in [0.2, 0.25) is 0 Å². The van der Waals surface area contributed by atoms with Gasteiger partial charge in [0.15, 0.2) is 11.5 Å². The van der Waals surface area contributed by atoms with E-state index in [0.29, 0.717) is 42.6 Å². The normalized spacial score (nSPS) is 10.7. The van der Waals surface area contributed by atoms with E-state index in [1.165, 1.54) is 0 Å². The van der Waals surface area contributed by atoms with Gasteiger partial charge in [-0.25, -0.2) is 5.43 Å². The second-order valence-corrected chi connectivity index (χ2v) is 7.60. The molecule has 0 aliphatic carbocycles. The molecule has 0 unspecified atom stereocenters. The van der Waals surface area contributed by atoms with Crippen molar-refractivity contribution in [3.8, 4) is 17.2 Å². The van der Waals surface area contributed by atoms with Gasteiger partial charge in [-0.15, -0.1) is 0 Å². The van der Waals surface area contributed by atoms with Crippen LogP contribution in [-0.4, -0.2) is 25.3 Å². The zero-order chi connectivity index (χ0) is 22.8. The van der Waals surface area contributed by atoms with E-state index in [9.17, 15) is 4.79 Å². The predicted molar refractivity (Wildman–Crippen MR) is 129 cm³/mol. The van der Waals surface area contributed by atoms with Gasteiger partial charge in [-0.1, -0.05) is 46.3 Å². The van der Waals surface area contributed by atoms with Crippen molar-refractivity contribution < 1.29 is 19.0 Å². The number of halogens is 1. The minimum atomic E-state index is -0.357. The summed E-state index contributed by atoms with van der Waals surface area (Å²) in [6.45, 7) is 5.19. The molecule has 1 N–H and O–H groups in total. The zero-order valence-corrected chi connectivity index (χ0v) is 19.6. The number of hydrogen-bond acceptors (Lipinski definition) is 5. The number of nitrogens with one attached hydrogen (secondary N) is 1. The van der Waals surface area contributed by atoms with Gasteiger partial charge in [0.25, 0.3) is 5.91 Å². The topological polar surface area (TPSA) is 69.2 Å². The Kier molecular flexibility index (Phi) is 8.69. The number of nitrogens with zero attached hydrogens (tertiary/aromatic N) is 1. The van der Waals surface area contributed by atoms with E-state index >= 15 is 0 Å². The maximum atomic E-state index is 12.6. The van der Waals surface area contributed by atoms with Gasteiger partial charge in [0.1, 0.15) is 12.4 Å². The third-order valence-electron chi connectivity index (χ3n) is 4.38. The van der Waals surface area contributed by atoms with E-state index in [2.05, 4.69) is 26.5 Å². The van der Waals surface area contributed by atoms with E-state index in [1.807, 2.05) is 62.4 Å². The lowest BCUT2D eigenvalue weighted by atomic mass is 10.2. The Morgan fingerprint density at radius 3 is 2.38 bits per heavy atom. The maximum absolute atomic E-state index is 12.6. The van der Waals surface area contributed by atoms with Gasteiger partial charge in [-0.05, 0) is 55.8 Å². The summed E-state index contributed by atoms with van der Waals surface area (Å²) in [7, 11) is 0. The van der Waals surface area contributed by atoms with Crippen LogP contribution in [0.4, 0.5) is 0 Å². The molecule has 7 heteroatoms. The smallest absolute Gasteiger partial charge is 0.271 e. The minimum absolute atomic E-state index is 0.357. The van der Waals surface area contributed by atoms with E-state index in [0.717, 1.165) is 15.6 Å². The van der Waals surface area contributed by atoms with Crippen LogP contribution in [0.1, 0.15) is 35.3 Å². The fourth-order valence-corrected chi connectivity index (χ4v) is 3.28. The number of hydrazone groups is 1. The summed E-state index contributed by atoms with van der Waals surface area (Å²) in [5.74, 6) is 1.41. The van der Waals surface area contributed by atoms with Crippen molar-refractivity contribution in [1.82, 2.24) is 5.43 Å². The molecule has 0 saturated carbocycles. The first kappa shape index (κ1) is 23.3. The monoisotopic (exact) mass is 496 g/mol. The van der Waals surface area contributed by atoms with Crippen LogP contribution in [0.5, 0.6) is 17.2 Å². The van der Waals surface area contributed by atoms with Crippen molar-refractivity contribution in [2.75, 3.05) is 13.2 Å². The summed E-state index contributed by atoms with van der Waals surface area (Å²) >= 11 is 3.43. The molecule has 0 aliphatic heterocycles. The van der Waals surface area contributed by atoms with Crippen molar-refractivity contribution in [2.45, 2.75) is 20.5 Å². The lowest BCUT2D eigenvalue weighted by Crippen LogP contribution is -2.18. The maximum Gasteiger partial charge on any atom is 0.271 e. The molecule has 0 heterocycles. The molecule has 3 rings (SSSR count). The van der Waals surface area contributed by atoms with Crippen molar-refractivity contribution >= 4 is 28.1 Å². The van der Waals surface area contributed by atoms with E-state index in [-0.39, 0.29) is 5.91 Å². The van der Waals surface area contributed by atoms with Gasteiger partial charge in [0, 0.05) is 15.6 Å². The number of amides is 1. The van der Waals surface area contributed by atoms with E-state index in [4.69, 9.17) is 14.2 Å². The summed E-state index contributed by atoms with van der Waals surface area (Å²) in [6.07, 6.45) is 1.55. The molecule has 0 bridgehead atoms. The molecular formula is C25H25BrN2O4. The first-order valence-corrected chi connectivity index (χ1v) is 11.1. The Labute approximate surface area is 196 Å². The first-order chi connectivity index (χ1) is 15.6. The summed E-state index contributed by atoms with van der Waals surface area (Å²) in [5.41, 5.74) is 4.76. The molecule has 32 heavy (non-hydrogen) atoms. The average Bonchev–Trinajstić information content (AvgIpc) is 2.81. The highest BCUT2D eigenvalue weighted by atomic mass is 79.9. The molecule has 6 nitrogen and oxygen atoms in total. The molecule has 1 amide bonds. The molecule has 0 spiro atoms. The molecule has 0 aromatic heterocycles. The Balaban J connectivity index is 1.69. The molecule has 3 aromatic rings. The lowest BCUT2D eigenvalue weighted by Gasteiger charge is -2.13. The molecule has 0 saturated heterocycles. The lowest BCUT2D eigenvalue weighted by molar-refractivity contribution is 0.0954. The highest BCUT2D eigenvalue weighted by molar-refractivity contribution is 9.10. The number of hydrogen-bond donors (Lipinski definition) is 1. The molecule has 0 fully saturated rings. The Morgan fingerprint density at radius 1 is 0.906 bits per heavy atom. The van der Waals surface area contributed by atoms with Crippen LogP contribution >= 0.6 is 15.9 Å². The number of carbonyl (C=O) groups is 1.